The summed E-state index contributed by atoms with van der Waals surface area (Å²) in [7, 11) is 0. The maximum atomic E-state index is 10.0. The predicted octanol–water partition coefficient (Wildman–Crippen LogP) is 8.48. The predicted molar refractivity (Wildman–Crippen MR) is 136 cm³/mol. The van der Waals surface area contributed by atoms with Gasteiger partial charge in [-0.15, -0.1) is 40.1 Å². The van der Waals surface area contributed by atoms with E-state index in [9.17, 15) is 4.79 Å². The van der Waals surface area contributed by atoms with Gasteiger partial charge in [-0.2, -0.15) is 24.3 Å². The van der Waals surface area contributed by atoms with E-state index < -0.39 is 0 Å². The van der Waals surface area contributed by atoms with Gasteiger partial charge in [0.2, 0.25) is 0 Å². The van der Waals surface area contributed by atoms with Gasteiger partial charge in [0.15, 0.2) is 5.78 Å². The maximum Gasteiger partial charge on any atom is 0.155 e. The fourth-order valence-corrected chi connectivity index (χ4v) is 3.99. The second-order valence-corrected chi connectivity index (χ2v) is 8.77. The van der Waals surface area contributed by atoms with Crippen LogP contribution in [0.1, 0.15) is 82.9 Å². The molecule has 0 aromatic heterocycles. The van der Waals surface area contributed by atoms with Crippen molar-refractivity contribution in [2.75, 3.05) is 0 Å². The summed E-state index contributed by atoms with van der Waals surface area (Å²) in [5, 5.41) is 10.9. The van der Waals surface area contributed by atoms with E-state index in [0.717, 1.165) is 0 Å². The van der Waals surface area contributed by atoms with Crippen molar-refractivity contribution in [3.8, 4) is 11.1 Å². The molecule has 3 aromatic carbocycles. The second-order valence-electron chi connectivity index (χ2n) is 8.77. The summed E-state index contributed by atoms with van der Waals surface area (Å²) in [6.07, 6.45) is 3.52. The van der Waals surface area contributed by atoms with Crippen LogP contribution < -0.4 is 0 Å². The molecule has 0 saturated carbocycles. The van der Waals surface area contributed by atoms with Gasteiger partial charge in [0, 0.05) is 26.2 Å². The van der Waals surface area contributed by atoms with E-state index in [1.165, 1.54) is 71.4 Å². The Morgan fingerprint density at radius 3 is 2.21 bits per heavy atom. The first-order chi connectivity index (χ1) is 15.2. The number of aryl methyl sites for hydroxylation is 1. The van der Waals surface area contributed by atoms with Crippen molar-refractivity contribution >= 4 is 16.6 Å². The van der Waals surface area contributed by atoms with Crippen molar-refractivity contribution in [3.05, 3.63) is 83.1 Å². The van der Waals surface area contributed by atoms with Crippen LogP contribution in [0.5, 0.6) is 0 Å². The first-order valence-electron chi connectivity index (χ1n) is 11.5. The van der Waals surface area contributed by atoms with Crippen LogP contribution in [0.4, 0.5) is 0 Å². The van der Waals surface area contributed by atoms with Crippen LogP contribution in [0.3, 0.4) is 0 Å². The molecule has 0 heterocycles. The number of aliphatic hydroxyl groups is 1. The zero-order valence-electron chi connectivity index (χ0n) is 20.9. The van der Waals surface area contributed by atoms with Crippen molar-refractivity contribution < 1.29 is 30.0 Å². The van der Waals surface area contributed by atoms with Crippen LogP contribution in [0.15, 0.2) is 54.3 Å². The fraction of sp³-hybridized carbons (Fsp3) is 0.367. The summed E-state index contributed by atoms with van der Waals surface area (Å²) in [4.78, 5) is 10.0. The molecule has 0 amide bonds. The van der Waals surface area contributed by atoms with Crippen molar-refractivity contribution in [1.82, 2.24) is 0 Å². The Hall–Kier alpha value is -2.22. The van der Waals surface area contributed by atoms with Gasteiger partial charge >= 0.3 is 0 Å². The smallest absolute Gasteiger partial charge is 0.155 e. The van der Waals surface area contributed by atoms with Gasteiger partial charge in [-0.25, -0.2) is 11.1 Å². The van der Waals surface area contributed by atoms with Gasteiger partial charge < -0.3 is 5.11 Å². The van der Waals surface area contributed by atoms with Crippen LogP contribution in [0.25, 0.3) is 21.9 Å². The van der Waals surface area contributed by atoms with Crippen LogP contribution in [-0.2, 0) is 24.9 Å². The molecule has 179 valence electrons. The van der Waals surface area contributed by atoms with Crippen LogP contribution in [0.2, 0.25) is 0 Å². The first-order valence-corrected chi connectivity index (χ1v) is 11.5. The normalized spacial score (nSPS) is 11.2. The minimum Gasteiger partial charge on any atom is -0.512 e. The SMILES string of the molecule is CC(=O)/C=C(/C)O.CCC(CC)c1cc(C)[c-]c(-c2[c-]ccc3cc(C(C)C)ccc23)c1.[Ir]. The maximum absolute atomic E-state index is 10.0. The Bertz CT molecular complexity index is 1090. The van der Waals surface area contributed by atoms with E-state index in [1.807, 2.05) is 0 Å². The number of carbonyl (C=O) groups excluding carboxylic acids is 1. The monoisotopic (exact) mass is 621 g/mol. The van der Waals surface area contributed by atoms with Crippen molar-refractivity contribution in [2.45, 2.75) is 73.1 Å². The second kappa shape index (κ2) is 13.5. The third-order valence-corrected chi connectivity index (χ3v) is 5.67. The molecule has 0 bridgehead atoms. The van der Waals surface area contributed by atoms with Crippen molar-refractivity contribution in [1.29, 1.82) is 0 Å². The molecule has 0 aliphatic heterocycles. The van der Waals surface area contributed by atoms with E-state index in [4.69, 9.17) is 5.11 Å². The molecule has 1 N–H and O–H groups in total. The molecule has 0 atom stereocenters. The zero-order chi connectivity index (χ0) is 23.8. The average molecular weight is 621 g/mol. The van der Waals surface area contributed by atoms with E-state index in [-0.39, 0.29) is 31.6 Å². The van der Waals surface area contributed by atoms with Gasteiger partial charge in [-0.05, 0) is 31.2 Å². The number of carbonyl (C=O) groups is 1. The summed E-state index contributed by atoms with van der Waals surface area (Å²) in [5.41, 5.74) is 6.37. The summed E-state index contributed by atoms with van der Waals surface area (Å²) in [6, 6.07) is 22.7. The number of hydrogen-bond donors (Lipinski definition) is 1. The third-order valence-electron chi connectivity index (χ3n) is 5.67. The molecule has 3 aromatic rings. The summed E-state index contributed by atoms with van der Waals surface area (Å²) >= 11 is 0. The molecule has 0 aliphatic carbocycles. The molecular weight excluding hydrogens is 585 g/mol. The molecule has 2 nitrogen and oxygen atoms in total. The zero-order valence-corrected chi connectivity index (χ0v) is 23.3. The number of rotatable bonds is 6. The van der Waals surface area contributed by atoms with Crippen molar-refractivity contribution in [3.63, 3.8) is 0 Å². The molecule has 0 saturated heterocycles. The molecule has 1 radical (unpaired) electrons. The quantitative estimate of drug-likeness (QED) is 0.171. The summed E-state index contributed by atoms with van der Waals surface area (Å²) < 4.78 is 0. The molecular formula is C30H36IrO2-2. The minimum absolute atomic E-state index is 0. The van der Waals surface area contributed by atoms with E-state index in [2.05, 4.69) is 89.2 Å². The Labute approximate surface area is 213 Å². The number of hydrogen-bond acceptors (Lipinski definition) is 2. The van der Waals surface area contributed by atoms with Crippen LogP contribution >= 0.6 is 0 Å². The number of aliphatic hydroxyl groups excluding tert-OH is 1. The Morgan fingerprint density at radius 1 is 1.03 bits per heavy atom. The third kappa shape index (κ3) is 8.25. The largest absolute Gasteiger partial charge is 0.512 e. The summed E-state index contributed by atoms with van der Waals surface area (Å²) in [5.74, 6) is 1.10. The number of fused-ring (bicyclic) bond motifs is 1. The molecule has 33 heavy (non-hydrogen) atoms. The molecule has 0 fully saturated rings. The molecule has 0 aliphatic rings. The van der Waals surface area contributed by atoms with Crippen LogP contribution in [0, 0.1) is 19.1 Å². The number of allylic oxidation sites excluding steroid dienone is 2. The molecule has 3 heteroatoms. The van der Waals surface area contributed by atoms with Gasteiger partial charge in [-0.3, -0.25) is 4.79 Å². The van der Waals surface area contributed by atoms with E-state index >= 15 is 0 Å². The van der Waals surface area contributed by atoms with Crippen LogP contribution in [-0.4, -0.2) is 10.9 Å². The standard InChI is InChI=1S/C25H28.C5H8O2.Ir/c1-6-19(7-2)22-13-18(5)14-23(16-22)24-10-8-9-21-15-20(17(3)4)11-12-25(21)24;1-4(6)3-5(2)7;/h8-9,11-13,15-17,19H,6-7H2,1-5H3;3,6H,1-2H3;/q-2;;/b;4-3-;. The minimum atomic E-state index is -0.125. The summed E-state index contributed by atoms with van der Waals surface area (Å²) in [6.45, 7) is 14.0. The Balaban J connectivity index is 0.000000595. The molecule has 0 unspecified atom stereocenters. The fourth-order valence-electron chi connectivity index (χ4n) is 3.99. The van der Waals surface area contributed by atoms with Gasteiger partial charge in [0.25, 0.3) is 0 Å². The number of ketones is 1. The Kier molecular flexibility index (Phi) is 11.8. The van der Waals surface area contributed by atoms with Gasteiger partial charge in [0.1, 0.15) is 0 Å². The molecule has 3 rings (SSSR count). The van der Waals surface area contributed by atoms with Gasteiger partial charge in [-0.1, -0.05) is 59.6 Å². The van der Waals surface area contributed by atoms with E-state index in [1.54, 1.807) is 0 Å². The van der Waals surface area contributed by atoms with Gasteiger partial charge in [0.05, 0.1) is 5.76 Å². The first kappa shape index (κ1) is 28.8. The number of benzene rings is 3. The van der Waals surface area contributed by atoms with Crippen molar-refractivity contribution in [2.24, 2.45) is 0 Å². The average Bonchev–Trinajstić information content (AvgIpc) is 2.73. The Morgan fingerprint density at radius 2 is 1.70 bits per heavy atom. The molecule has 0 spiro atoms. The van der Waals surface area contributed by atoms with E-state index in [0.29, 0.717) is 11.8 Å². The topological polar surface area (TPSA) is 37.3 Å².